The van der Waals surface area contributed by atoms with Crippen LogP contribution in [0.25, 0.3) is 0 Å². The highest BCUT2D eigenvalue weighted by atomic mass is 16.5. The van der Waals surface area contributed by atoms with E-state index in [0.717, 1.165) is 56.4 Å². The fraction of sp³-hybridized carbons (Fsp3) is 0.579. The van der Waals surface area contributed by atoms with Crippen molar-refractivity contribution in [3.63, 3.8) is 0 Å². The van der Waals surface area contributed by atoms with E-state index in [4.69, 9.17) is 4.74 Å². The maximum absolute atomic E-state index is 5.92. The van der Waals surface area contributed by atoms with Crippen molar-refractivity contribution in [3.05, 3.63) is 35.7 Å². The number of anilines is 1. The van der Waals surface area contributed by atoms with E-state index in [2.05, 4.69) is 37.5 Å². The van der Waals surface area contributed by atoms with Gasteiger partial charge in [-0.1, -0.05) is 6.07 Å². The first kappa shape index (κ1) is 16.4. The standard InChI is InChI=1S/C19H27N5O/c1-14-8-18-21-12-16(13-24(18)23-14)10-20-9-15-6-7-19(22-11-15)25-17-4-2-3-5-17/h6-8,11,16-17,20-21H,2-5,9-10,12-13H2,1H3. The van der Waals surface area contributed by atoms with E-state index in [-0.39, 0.29) is 0 Å². The summed E-state index contributed by atoms with van der Waals surface area (Å²) >= 11 is 0. The van der Waals surface area contributed by atoms with Crippen LogP contribution < -0.4 is 15.4 Å². The largest absolute Gasteiger partial charge is 0.474 e. The van der Waals surface area contributed by atoms with Crippen molar-refractivity contribution < 1.29 is 4.74 Å². The van der Waals surface area contributed by atoms with Crippen LogP contribution in [-0.2, 0) is 13.1 Å². The average molecular weight is 341 g/mol. The molecule has 25 heavy (non-hydrogen) atoms. The van der Waals surface area contributed by atoms with Gasteiger partial charge in [-0.25, -0.2) is 9.67 Å². The minimum Gasteiger partial charge on any atom is -0.474 e. The zero-order chi connectivity index (χ0) is 17.1. The van der Waals surface area contributed by atoms with Crippen molar-refractivity contribution in [2.24, 2.45) is 5.92 Å². The Hall–Kier alpha value is -2.08. The minimum atomic E-state index is 0.367. The Morgan fingerprint density at radius 1 is 1.32 bits per heavy atom. The minimum absolute atomic E-state index is 0.367. The summed E-state index contributed by atoms with van der Waals surface area (Å²) < 4.78 is 7.99. The van der Waals surface area contributed by atoms with Crippen molar-refractivity contribution in [1.29, 1.82) is 0 Å². The Morgan fingerprint density at radius 2 is 2.20 bits per heavy atom. The number of pyridine rings is 1. The van der Waals surface area contributed by atoms with Crippen molar-refractivity contribution >= 4 is 5.82 Å². The van der Waals surface area contributed by atoms with Gasteiger partial charge in [0.25, 0.3) is 0 Å². The molecule has 6 heteroatoms. The summed E-state index contributed by atoms with van der Waals surface area (Å²) in [5.74, 6) is 2.44. The van der Waals surface area contributed by atoms with E-state index >= 15 is 0 Å². The van der Waals surface area contributed by atoms with Crippen LogP contribution in [-0.4, -0.2) is 34.0 Å². The van der Waals surface area contributed by atoms with Gasteiger partial charge in [0, 0.05) is 50.4 Å². The highest BCUT2D eigenvalue weighted by Crippen LogP contribution is 2.23. The Morgan fingerprint density at radius 3 is 3.00 bits per heavy atom. The van der Waals surface area contributed by atoms with Gasteiger partial charge >= 0.3 is 0 Å². The zero-order valence-electron chi connectivity index (χ0n) is 14.9. The molecule has 6 nitrogen and oxygen atoms in total. The highest BCUT2D eigenvalue weighted by molar-refractivity contribution is 5.38. The number of aromatic nitrogens is 3. The Balaban J connectivity index is 1.22. The number of nitrogens with zero attached hydrogens (tertiary/aromatic N) is 3. The highest BCUT2D eigenvalue weighted by Gasteiger charge is 2.19. The van der Waals surface area contributed by atoms with Gasteiger partial charge in [0.2, 0.25) is 5.88 Å². The molecule has 0 radical (unpaired) electrons. The first-order valence-corrected chi connectivity index (χ1v) is 9.37. The summed E-state index contributed by atoms with van der Waals surface area (Å²) in [7, 11) is 0. The predicted molar refractivity (Wildman–Crippen MR) is 97.8 cm³/mol. The molecule has 0 bridgehead atoms. The number of fused-ring (bicyclic) bond motifs is 1. The average Bonchev–Trinajstić information content (AvgIpc) is 3.24. The van der Waals surface area contributed by atoms with Crippen LogP contribution >= 0.6 is 0 Å². The Labute approximate surface area is 149 Å². The third-order valence-corrected chi connectivity index (χ3v) is 5.05. The van der Waals surface area contributed by atoms with Crippen molar-refractivity contribution in [1.82, 2.24) is 20.1 Å². The van der Waals surface area contributed by atoms with Gasteiger partial charge in [-0.3, -0.25) is 0 Å². The summed E-state index contributed by atoms with van der Waals surface area (Å²) in [6.45, 7) is 5.79. The quantitative estimate of drug-likeness (QED) is 0.846. The molecule has 2 N–H and O–H groups in total. The second-order valence-electron chi connectivity index (χ2n) is 7.26. The van der Waals surface area contributed by atoms with Gasteiger partial charge in [0.15, 0.2) is 0 Å². The van der Waals surface area contributed by atoms with E-state index in [0.29, 0.717) is 12.0 Å². The molecule has 134 valence electrons. The van der Waals surface area contributed by atoms with Gasteiger partial charge in [-0.15, -0.1) is 0 Å². The number of hydrogen-bond donors (Lipinski definition) is 2. The van der Waals surface area contributed by atoms with Crippen LogP contribution in [0.4, 0.5) is 5.82 Å². The van der Waals surface area contributed by atoms with Gasteiger partial charge in [-0.2, -0.15) is 5.10 Å². The molecule has 1 saturated carbocycles. The lowest BCUT2D eigenvalue weighted by Gasteiger charge is -2.25. The summed E-state index contributed by atoms with van der Waals surface area (Å²) in [5.41, 5.74) is 2.26. The molecule has 1 atom stereocenters. The monoisotopic (exact) mass is 341 g/mol. The van der Waals surface area contributed by atoms with Crippen LogP contribution in [0.5, 0.6) is 5.88 Å². The second kappa shape index (κ2) is 7.44. The van der Waals surface area contributed by atoms with Crippen molar-refractivity contribution in [2.75, 3.05) is 18.4 Å². The van der Waals surface area contributed by atoms with Crippen LogP contribution in [0.1, 0.15) is 36.9 Å². The molecule has 2 aromatic heterocycles. The van der Waals surface area contributed by atoms with E-state index < -0.39 is 0 Å². The van der Waals surface area contributed by atoms with Crippen molar-refractivity contribution in [3.8, 4) is 5.88 Å². The Kier molecular flexibility index (Phi) is 4.88. The number of ether oxygens (including phenoxy) is 1. The van der Waals surface area contributed by atoms with Crippen molar-refractivity contribution in [2.45, 2.75) is 51.8 Å². The summed E-state index contributed by atoms with van der Waals surface area (Å²) in [6.07, 6.45) is 7.18. The second-order valence-corrected chi connectivity index (χ2v) is 7.26. The predicted octanol–water partition coefficient (Wildman–Crippen LogP) is 2.74. The molecule has 1 unspecified atom stereocenters. The molecular weight excluding hydrogens is 314 g/mol. The fourth-order valence-corrected chi connectivity index (χ4v) is 3.70. The molecule has 0 saturated heterocycles. The van der Waals surface area contributed by atoms with Crippen LogP contribution in [0.15, 0.2) is 24.4 Å². The lowest BCUT2D eigenvalue weighted by molar-refractivity contribution is 0.201. The van der Waals surface area contributed by atoms with Gasteiger partial charge in [-0.05, 0) is 38.2 Å². The molecule has 1 aliphatic carbocycles. The number of aryl methyl sites for hydroxylation is 1. The van der Waals surface area contributed by atoms with Crippen LogP contribution in [0.2, 0.25) is 0 Å². The zero-order valence-corrected chi connectivity index (χ0v) is 14.9. The molecule has 1 aliphatic heterocycles. The van der Waals surface area contributed by atoms with Crippen LogP contribution in [0.3, 0.4) is 0 Å². The third-order valence-electron chi connectivity index (χ3n) is 5.05. The van der Waals surface area contributed by atoms with Gasteiger partial charge < -0.3 is 15.4 Å². The smallest absolute Gasteiger partial charge is 0.213 e. The summed E-state index contributed by atoms with van der Waals surface area (Å²) in [4.78, 5) is 4.45. The molecule has 4 rings (SSSR count). The molecule has 3 heterocycles. The topological polar surface area (TPSA) is 64.0 Å². The summed E-state index contributed by atoms with van der Waals surface area (Å²) in [5, 5.41) is 11.5. The van der Waals surface area contributed by atoms with E-state index in [1.54, 1.807) is 0 Å². The molecule has 1 fully saturated rings. The molecule has 0 amide bonds. The van der Waals surface area contributed by atoms with Gasteiger partial charge in [0.05, 0.1) is 5.69 Å². The van der Waals surface area contributed by atoms with Gasteiger partial charge in [0.1, 0.15) is 11.9 Å². The number of nitrogens with one attached hydrogen (secondary N) is 2. The molecular formula is C19H27N5O. The lowest BCUT2D eigenvalue weighted by Crippen LogP contribution is -2.35. The SMILES string of the molecule is Cc1cc2n(n1)CC(CNCc1ccc(OC3CCCC3)nc1)CN2. The first-order chi connectivity index (χ1) is 12.3. The Bertz CT molecular complexity index is 690. The fourth-order valence-electron chi connectivity index (χ4n) is 3.70. The van der Waals surface area contributed by atoms with E-state index in [9.17, 15) is 0 Å². The first-order valence-electron chi connectivity index (χ1n) is 9.37. The molecule has 2 aromatic rings. The molecule has 0 aromatic carbocycles. The van der Waals surface area contributed by atoms with Crippen LogP contribution in [0, 0.1) is 12.8 Å². The number of rotatable bonds is 6. The normalized spacial score (nSPS) is 20.3. The maximum Gasteiger partial charge on any atom is 0.213 e. The molecule has 2 aliphatic rings. The summed E-state index contributed by atoms with van der Waals surface area (Å²) in [6, 6.07) is 6.21. The third kappa shape index (κ3) is 4.12. The number of hydrogen-bond acceptors (Lipinski definition) is 5. The lowest BCUT2D eigenvalue weighted by atomic mass is 10.1. The maximum atomic E-state index is 5.92. The molecule has 0 spiro atoms. The van der Waals surface area contributed by atoms with E-state index in [1.165, 1.54) is 18.4 Å². The van der Waals surface area contributed by atoms with E-state index in [1.807, 2.05) is 19.2 Å².